The van der Waals surface area contributed by atoms with Crippen LogP contribution in [0.1, 0.15) is 13.8 Å². The van der Waals surface area contributed by atoms with Gasteiger partial charge in [0, 0.05) is 4.92 Å². The van der Waals surface area contributed by atoms with E-state index >= 15 is 0 Å². The summed E-state index contributed by atoms with van der Waals surface area (Å²) < 4.78 is 15.2. The fourth-order valence-electron chi connectivity index (χ4n) is 2.87. The number of methoxy groups -OCH3 is 1. The van der Waals surface area contributed by atoms with Gasteiger partial charge in [-0.1, -0.05) is 12.1 Å². The first kappa shape index (κ1) is 23.1. The first-order valence-corrected chi connectivity index (χ1v) is 9.39. The monoisotopic (exact) mass is 440 g/mol. The van der Waals surface area contributed by atoms with Gasteiger partial charge in [-0.05, 0) is 37.6 Å². The van der Waals surface area contributed by atoms with E-state index in [4.69, 9.17) is 25.8 Å². The highest BCUT2D eigenvalue weighted by atomic mass is 35.5. The molecule has 0 aromatic heterocycles. The second-order valence-corrected chi connectivity index (χ2v) is 6.20. The molecule has 1 heterocycles. The standard InChI is InChI=1S/C18H21ClN4O7/c1-4-29-13(24)10-22(11-8-6-7-9-12(11)28-3)16-15(23(26)27)14(17(25)30-5-2)20-18(19)21-16/h6-9,15-16H,4-5,10H2,1-3H3. The Kier molecular flexibility index (Phi) is 8.10. The number of hydrogen-bond acceptors (Lipinski definition) is 10. The molecule has 2 rings (SSSR count). The summed E-state index contributed by atoms with van der Waals surface area (Å²) in [5.41, 5.74) is -0.196. The number of carbonyl (C=O) groups is 2. The van der Waals surface area contributed by atoms with Crippen molar-refractivity contribution in [1.29, 1.82) is 0 Å². The van der Waals surface area contributed by atoms with E-state index in [9.17, 15) is 19.7 Å². The molecule has 0 aliphatic carbocycles. The number of para-hydroxylation sites is 2. The topological polar surface area (TPSA) is 133 Å². The van der Waals surface area contributed by atoms with E-state index in [1.165, 1.54) is 12.0 Å². The number of carbonyl (C=O) groups excluding carboxylic acids is 2. The van der Waals surface area contributed by atoms with Gasteiger partial charge in [0.1, 0.15) is 12.3 Å². The van der Waals surface area contributed by atoms with Crippen LogP contribution in [0.4, 0.5) is 5.69 Å². The highest BCUT2D eigenvalue weighted by Gasteiger charge is 2.48. The normalized spacial score (nSPS) is 18.0. The number of nitro groups is 1. The molecule has 0 saturated carbocycles. The van der Waals surface area contributed by atoms with E-state index in [2.05, 4.69) is 9.98 Å². The molecule has 0 saturated heterocycles. The zero-order valence-electron chi connectivity index (χ0n) is 16.6. The van der Waals surface area contributed by atoms with Crippen molar-refractivity contribution in [3.63, 3.8) is 0 Å². The minimum Gasteiger partial charge on any atom is -0.495 e. The molecule has 0 bridgehead atoms. The Morgan fingerprint density at radius 1 is 1.23 bits per heavy atom. The average molecular weight is 441 g/mol. The van der Waals surface area contributed by atoms with Crippen molar-refractivity contribution in [2.45, 2.75) is 26.1 Å². The first-order chi connectivity index (χ1) is 14.3. The van der Waals surface area contributed by atoms with Crippen molar-refractivity contribution in [3.05, 3.63) is 34.4 Å². The van der Waals surface area contributed by atoms with Crippen LogP contribution in [0, 0.1) is 10.1 Å². The van der Waals surface area contributed by atoms with Gasteiger partial charge in [0.15, 0.2) is 6.17 Å². The molecule has 1 aromatic rings. The summed E-state index contributed by atoms with van der Waals surface area (Å²) in [5.74, 6) is -1.32. The number of nitrogens with zero attached hydrogens (tertiary/aromatic N) is 4. The van der Waals surface area contributed by atoms with E-state index in [0.717, 1.165) is 0 Å². The summed E-state index contributed by atoms with van der Waals surface area (Å²) >= 11 is 5.98. The summed E-state index contributed by atoms with van der Waals surface area (Å²) in [5, 5.41) is 11.5. The number of amidine groups is 1. The molecule has 0 radical (unpaired) electrons. The van der Waals surface area contributed by atoms with Crippen LogP contribution in [-0.4, -0.2) is 66.9 Å². The third-order valence-corrected chi connectivity index (χ3v) is 4.23. The Labute approximate surface area is 177 Å². The fraction of sp³-hybridized carbons (Fsp3) is 0.444. The maximum absolute atomic E-state index is 12.3. The van der Waals surface area contributed by atoms with Gasteiger partial charge in [-0.2, -0.15) is 0 Å². The molecular weight excluding hydrogens is 420 g/mol. The Bertz CT molecular complexity index is 874. The molecule has 0 spiro atoms. The molecular formula is C18H21ClN4O7. The summed E-state index contributed by atoms with van der Waals surface area (Å²) in [6.45, 7) is 2.87. The summed E-state index contributed by atoms with van der Waals surface area (Å²) in [6.07, 6.45) is -1.38. The number of hydrogen-bond donors (Lipinski definition) is 0. The van der Waals surface area contributed by atoms with E-state index in [0.29, 0.717) is 11.4 Å². The predicted octanol–water partition coefficient (Wildman–Crippen LogP) is 1.65. The Morgan fingerprint density at radius 3 is 2.50 bits per heavy atom. The van der Waals surface area contributed by atoms with Gasteiger partial charge in [-0.25, -0.2) is 14.8 Å². The van der Waals surface area contributed by atoms with Crippen LogP contribution in [-0.2, 0) is 19.1 Å². The quantitative estimate of drug-likeness (QED) is 0.245. The van der Waals surface area contributed by atoms with Crippen molar-refractivity contribution in [2.75, 3.05) is 31.8 Å². The third kappa shape index (κ3) is 5.23. The number of aliphatic imine (C=N–C) groups is 2. The number of halogens is 1. The van der Waals surface area contributed by atoms with Crippen LogP contribution in [0.3, 0.4) is 0 Å². The molecule has 0 fully saturated rings. The molecule has 0 amide bonds. The molecule has 0 N–H and O–H groups in total. The fourth-order valence-corrected chi connectivity index (χ4v) is 3.06. The SMILES string of the molecule is CCOC(=O)CN(c1ccccc1OC)C1N=C(Cl)N=C(C(=O)OCC)C1[N+](=O)[O-]. The molecule has 30 heavy (non-hydrogen) atoms. The Hall–Kier alpha value is -3.21. The zero-order valence-corrected chi connectivity index (χ0v) is 17.4. The van der Waals surface area contributed by atoms with Crippen molar-refractivity contribution in [3.8, 4) is 5.75 Å². The van der Waals surface area contributed by atoms with Crippen LogP contribution in [0.5, 0.6) is 5.75 Å². The lowest BCUT2D eigenvalue weighted by molar-refractivity contribution is -0.505. The average Bonchev–Trinajstić information content (AvgIpc) is 2.71. The molecule has 2 unspecified atom stereocenters. The van der Waals surface area contributed by atoms with Crippen LogP contribution < -0.4 is 9.64 Å². The molecule has 2 atom stereocenters. The van der Waals surface area contributed by atoms with Crippen LogP contribution >= 0.6 is 11.6 Å². The van der Waals surface area contributed by atoms with Crippen LogP contribution in [0.2, 0.25) is 0 Å². The number of benzene rings is 1. The maximum Gasteiger partial charge on any atom is 0.360 e. The highest BCUT2D eigenvalue weighted by Crippen LogP contribution is 2.32. The van der Waals surface area contributed by atoms with E-state index < -0.39 is 41.3 Å². The summed E-state index contributed by atoms with van der Waals surface area (Å²) in [4.78, 5) is 44.8. The molecule has 162 valence electrons. The molecule has 12 heteroatoms. The maximum atomic E-state index is 12.3. The molecule has 1 aromatic carbocycles. The second kappa shape index (κ2) is 10.5. The number of esters is 2. The number of ether oxygens (including phenoxy) is 3. The third-order valence-electron chi connectivity index (χ3n) is 4.04. The number of rotatable bonds is 9. The minimum atomic E-state index is -1.74. The van der Waals surface area contributed by atoms with Crippen molar-refractivity contribution < 1.29 is 28.7 Å². The van der Waals surface area contributed by atoms with Gasteiger partial charge >= 0.3 is 18.0 Å². The minimum absolute atomic E-state index is 0.0131. The van der Waals surface area contributed by atoms with Gasteiger partial charge in [0.05, 0.1) is 26.0 Å². The highest BCUT2D eigenvalue weighted by molar-refractivity contribution is 6.67. The van der Waals surface area contributed by atoms with E-state index in [-0.39, 0.29) is 18.5 Å². The van der Waals surface area contributed by atoms with Gasteiger partial charge in [-0.15, -0.1) is 0 Å². The van der Waals surface area contributed by atoms with Gasteiger partial charge < -0.3 is 19.1 Å². The van der Waals surface area contributed by atoms with E-state index in [1.54, 1.807) is 38.1 Å². The predicted molar refractivity (Wildman–Crippen MR) is 109 cm³/mol. The van der Waals surface area contributed by atoms with Gasteiger partial charge in [-0.3, -0.25) is 14.9 Å². The second-order valence-electron chi connectivity index (χ2n) is 5.86. The van der Waals surface area contributed by atoms with Crippen molar-refractivity contribution >= 4 is 40.2 Å². The smallest absolute Gasteiger partial charge is 0.360 e. The van der Waals surface area contributed by atoms with Gasteiger partial charge in [0.25, 0.3) is 0 Å². The van der Waals surface area contributed by atoms with E-state index in [1.807, 2.05) is 0 Å². The Morgan fingerprint density at radius 2 is 1.90 bits per heavy atom. The first-order valence-electron chi connectivity index (χ1n) is 9.01. The largest absolute Gasteiger partial charge is 0.495 e. The lowest BCUT2D eigenvalue weighted by atomic mass is 10.1. The summed E-state index contributed by atoms with van der Waals surface area (Å²) in [6, 6.07) is 4.81. The number of anilines is 1. The Balaban J connectivity index is 2.59. The molecule has 1 aliphatic heterocycles. The summed E-state index contributed by atoms with van der Waals surface area (Å²) in [7, 11) is 1.41. The lowest BCUT2D eigenvalue weighted by Crippen LogP contribution is -2.55. The van der Waals surface area contributed by atoms with Crippen LogP contribution in [0.15, 0.2) is 34.3 Å². The lowest BCUT2D eigenvalue weighted by Gasteiger charge is -2.33. The molecule has 1 aliphatic rings. The zero-order chi connectivity index (χ0) is 22.3. The van der Waals surface area contributed by atoms with Crippen molar-refractivity contribution in [1.82, 2.24) is 0 Å². The van der Waals surface area contributed by atoms with Crippen LogP contribution in [0.25, 0.3) is 0 Å². The molecule has 11 nitrogen and oxygen atoms in total. The van der Waals surface area contributed by atoms with Crippen molar-refractivity contribution in [2.24, 2.45) is 9.98 Å². The van der Waals surface area contributed by atoms with Gasteiger partial charge in [0.2, 0.25) is 11.0 Å².